The van der Waals surface area contributed by atoms with Gasteiger partial charge in [-0.25, -0.2) is 9.18 Å². The van der Waals surface area contributed by atoms with Gasteiger partial charge in [-0.2, -0.15) is 0 Å². The number of carbonyl (C=O) groups excluding carboxylic acids is 1. The lowest BCUT2D eigenvalue weighted by molar-refractivity contribution is 0.190. The number of likely N-dealkylation sites (N-methyl/N-ethyl adjacent to an activating group) is 1. The smallest absolute Gasteiger partial charge is 0.317 e. The van der Waals surface area contributed by atoms with E-state index in [2.05, 4.69) is 29.0 Å². The van der Waals surface area contributed by atoms with Gasteiger partial charge in [-0.05, 0) is 44.1 Å². The summed E-state index contributed by atoms with van der Waals surface area (Å²) in [4.78, 5) is 19.0. The minimum absolute atomic E-state index is 0.0220. The number of hydrogen-bond acceptors (Lipinski definition) is 3. The maximum Gasteiger partial charge on any atom is 0.317 e. The molecule has 0 aliphatic carbocycles. The fraction of sp³-hybridized carbons (Fsp3) is 0.632. The zero-order valence-corrected chi connectivity index (χ0v) is 16.3. The highest BCUT2D eigenvalue weighted by Crippen LogP contribution is 2.25. The van der Waals surface area contributed by atoms with E-state index >= 15 is 0 Å². The van der Waals surface area contributed by atoms with Gasteiger partial charge in [0, 0.05) is 44.0 Å². The minimum atomic E-state index is -0.406. The predicted octanol–water partition coefficient (Wildman–Crippen LogP) is 3.18. The van der Waals surface area contributed by atoms with Crippen LogP contribution in [-0.2, 0) is 0 Å². The van der Waals surface area contributed by atoms with Crippen molar-refractivity contribution in [2.75, 3.05) is 44.2 Å². The molecule has 0 saturated carbocycles. The number of nitrogens with one attached hydrogen (secondary N) is 1. The number of urea groups is 1. The van der Waals surface area contributed by atoms with Crippen molar-refractivity contribution in [2.24, 2.45) is 0 Å². The summed E-state index contributed by atoms with van der Waals surface area (Å²) in [6.45, 7) is 9.47. The van der Waals surface area contributed by atoms with Crippen LogP contribution in [0.4, 0.5) is 14.9 Å². The first-order valence-corrected chi connectivity index (χ1v) is 9.89. The van der Waals surface area contributed by atoms with Gasteiger partial charge in [0.05, 0.1) is 5.02 Å². The number of likely N-dealkylation sites (tertiary alicyclic amines) is 1. The van der Waals surface area contributed by atoms with Gasteiger partial charge in [-0.15, -0.1) is 0 Å². The maximum absolute atomic E-state index is 13.7. The van der Waals surface area contributed by atoms with Crippen LogP contribution in [0.3, 0.4) is 0 Å². The third kappa shape index (κ3) is 4.23. The van der Waals surface area contributed by atoms with E-state index in [9.17, 15) is 9.18 Å². The normalized spacial score (nSPS) is 23.1. The first kappa shape index (κ1) is 19.2. The number of hydrogen-bond donors (Lipinski definition) is 1. The fourth-order valence-corrected chi connectivity index (χ4v) is 4.14. The molecule has 3 rings (SSSR count). The number of rotatable bonds is 5. The van der Waals surface area contributed by atoms with E-state index in [0.29, 0.717) is 12.6 Å². The molecule has 1 aromatic rings. The maximum atomic E-state index is 13.7. The zero-order valence-electron chi connectivity index (χ0n) is 15.5. The lowest BCUT2D eigenvalue weighted by atomic mass is 10.2. The molecular weight excluding hydrogens is 355 g/mol. The first-order valence-electron chi connectivity index (χ1n) is 9.51. The van der Waals surface area contributed by atoms with Crippen molar-refractivity contribution in [3.8, 4) is 0 Å². The molecule has 1 N–H and O–H groups in total. The molecule has 144 valence electrons. The molecule has 2 aliphatic heterocycles. The standard InChI is InChI=1S/C19H28ClFN4O/c1-3-23(4-2)16-8-10-25(13-16)19(26)22-14-7-9-24(12-14)15-5-6-17(20)18(21)11-15/h5-6,11,14,16H,3-4,7-10,12-13H2,1-2H3,(H,22,26). The summed E-state index contributed by atoms with van der Waals surface area (Å²) >= 11 is 5.75. The average molecular weight is 383 g/mol. The Morgan fingerprint density at radius 2 is 2.04 bits per heavy atom. The Balaban J connectivity index is 1.51. The Labute approximate surface area is 160 Å². The first-order chi connectivity index (χ1) is 12.5. The molecule has 2 unspecified atom stereocenters. The fourth-order valence-electron chi connectivity index (χ4n) is 4.02. The van der Waals surface area contributed by atoms with Gasteiger partial charge >= 0.3 is 6.03 Å². The Morgan fingerprint density at radius 1 is 1.27 bits per heavy atom. The molecule has 2 fully saturated rings. The molecule has 2 saturated heterocycles. The largest absolute Gasteiger partial charge is 0.369 e. The Bertz CT molecular complexity index is 640. The predicted molar refractivity (Wildman–Crippen MR) is 103 cm³/mol. The zero-order chi connectivity index (χ0) is 18.7. The van der Waals surface area contributed by atoms with Crippen LogP contribution in [0, 0.1) is 5.82 Å². The van der Waals surface area contributed by atoms with Crippen molar-refractivity contribution < 1.29 is 9.18 Å². The Morgan fingerprint density at radius 3 is 2.73 bits per heavy atom. The molecule has 0 bridgehead atoms. The number of amides is 2. The molecule has 0 radical (unpaired) electrons. The van der Waals surface area contributed by atoms with Crippen molar-refractivity contribution in [3.63, 3.8) is 0 Å². The van der Waals surface area contributed by atoms with Crippen LogP contribution in [-0.4, -0.2) is 67.2 Å². The van der Waals surface area contributed by atoms with Crippen molar-refractivity contribution in [1.82, 2.24) is 15.1 Å². The van der Waals surface area contributed by atoms with E-state index in [1.165, 1.54) is 6.07 Å². The number of carbonyl (C=O) groups is 1. The summed E-state index contributed by atoms with van der Waals surface area (Å²) in [7, 11) is 0. The summed E-state index contributed by atoms with van der Waals surface area (Å²) < 4.78 is 13.7. The second-order valence-electron chi connectivity index (χ2n) is 7.09. The van der Waals surface area contributed by atoms with Gasteiger partial charge in [0.15, 0.2) is 0 Å². The Hall–Kier alpha value is -1.53. The third-order valence-electron chi connectivity index (χ3n) is 5.56. The van der Waals surface area contributed by atoms with Crippen LogP contribution >= 0.6 is 11.6 Å². The second-order valence-corrected chi connectivity index (χ2v) is 7.50. The number of nitrogens with zero attached hydrogens (tertiary/aromatic N) is 3. The summed E-state index contributed by atoms with van der Waals surface area (Å²) in [5, 5.41) is 3.28. The molecular formula is C19H28ClFN4O. The van der Waals surface area contributed by atoms with E-state index in [0.717, 1.165) is 51.3 Å². The van der Waals surface area contributed by atoms with E-state index in [-0.39, 0.29) is 17.1 Å². The van der Waals surface area contributed by atoms with Gasteiger partial charge in [0.1, 0.15) is 5.82 Å². The minimum Gasteiger partial charge on any atom is -0.369 e. The summed E-state index contributed by atoms with van der Waals surface area (Å²) in [6, 6.07) is 5.44. The van der Waals surface area contributed by atoms with Crippen LogP contribution in [0.5, 0.6) is 0 Å². The van der Waals surface area contributed by atoms with Crippen molar-refractivity contribution in [1.29, 1.82) is 0 Å². The summed E-state index contributed by atoms with van der Waals surface area (Å²) in [5.74, 6) is -0.406. The van der Waals surface area contributed by atoms with Gasteiger partial charge in [-0.1, -0.05) is 25.4 Å². The topological polar surface area (TPSA) is 38.8 Å². The van der Waals surface area contributed by atoms with Crippen molar-refractivity contribution in [2.45, 2.75) is 38.8 Å². The number of anilines is 1. The SMILES string of the molecule is CCN(CC)C1CCN(C(=O)NC2CCN(c3ccc(Cl)c(F)c3)C2)C1. The van der Waals surface area contributed by atoms with Crippen molar-refractivity contribution >= 4 is 23.3 Å². The van der Waals surface area contributed by atoms with Gasteiger partial charge in [-0.3, -0.25) is 4.90 Å². The molecule has 26 heavy (non-hydrogen) atoms. The molecule has 7 heteroatoms. The molecule has 5 nitrogen and oxygen atoms in total. The van der Waals surface area contributed by atoms with Gasteiger partial charge < -0.3 is 15.1 Å². The number of benzene rings is 1. The Kier molecular flexibility index (Phi) is 6.24. The quantitative estimate of drug-likeness (QED) is 0.850. The van der Waals surface area contributed by atoms with E-state index in [1.807, 2.05) is 11.0 Å². The van der Waals surface area contributed by atoms with Crippen LogP contribution in [0.1, 0.15) is 26.7 Å². The van der Waals surface area contributed by atoms with E-state index in [1.54, 1.807) is 6.07 Å². The molecule has 2 atom stereocenters. The van der Waals surface area contributed by atoms with E-state index < -0.39 is 5.82 Å². The summed E-state index contributed by atoms with van der Waals surface area (Å²) in [6.07, 6.45) is 1.90. The highest BCUT2D eigenvalue weighted by molar-refractivity contribution is 6.30. The lowest BCUT2D eigenvalue weighted by Gasteiger charge is -2.26. The molecule has 2 amide bonds. The van der Waals surface area contributed by atoms with Crippen molar-refractivity contribution in [3.05, 3.63) is 29.0 Å². The summed E-state index contributed by atoms with van der Waals surface area (Å²) in [5.41, 5.74) is 0.811. The second kappa shape index (κ2) is 8.44. The van der Waals surface area contributed by atoms with Crippen LogP contribution in [0.25, 0.3) is 0 Å². The molecule has 1 aromatic carbocycles. The molecule has 0 spiro atoms. The molecule has 2 aliphatic rings. The lowest BCUT2D eigenvalue weighted by Crippen LogP contribution is -2.46. The monoisotopic (exact) mass is 382 g/mol. The molecule has 0 aromatic heterocycles. The highest BCUT2D eigenvalue weighted by Gasteiger charge is 2.31. The van der Waals surface area contributed by atoms with Gasteiger partial charge in [0.2, 0.25) is 0 Å². The van der Waals surface area contributed by atoms with Gasteiger partial charge in [0.25, 0.3) is 0 Å². The third-order valence-corrected chi connectivity index (χ3v) is 5.87. The van der Waals surface area contributed by atoms with Crippen LogP contribution < -0.4 is 10.2 Å². The number of halogens is 2. The van der Waals surface area contributed by atoms with Crippen LogP contribution in [0.2, 0.25) is 5.02 Å². The average Bonchev–Trinajstić information content (AvgIpc) is 3.28. The van der Waals surface area contributed by atoms with E-state index in [4.69, 9.17) is 11.6 Å². The highest BCUT2D eigenvalue weighted by atomic mass is 35.5. The molecule has 2 heterocycles. The van der Waals surface area contributed by atoms with Crippen LogP contribution in [0.15, 0.2) is 18.2 Å².